The second-order valence-corrected chi connectivity index (χ2v) is 15.7. The molecule has 71 heavy (non-hydrogen) atoms. The van der Waals surface area contributed by atoms with E-state index in [9.17, 15) is 60.1 Å². The van der Waals surface area contributed by atoms with Crippen molar-refractivity contribution in [2.24, 2.45) is 0 Å². The number of amides is 2. The molecule has 0 bridgehead atoms. The molecule has 0 spiro atoms. The fourth-order valence-corrected chi connectivity index (χ4v) is 7.49. The molecule has 0 radical (unpaired) electrons. The van der Waals surface area contributed by atoms with Gasteiger partial charge in [-0.3, -0.25) is 9.59 Å². The zero-order valence-electron chi connectivity index (χ0n) is 37.1. The van der Waals surface area contributed by atoms with Crippen molar-refractivity contribution in [3.63, 3.8) is 0 Å². The van der Waals surface area contributed by atoms with E-state index in [2.05, 4.69) is 20.6 Å². The number of nitrogens with one attached hydrogen (secondary N) is 3. The Morgan fingerprint density at radius 1 is 0.648 bits per heavy atom. The molecule has 0 saturated carbocycles. The number of halogens is 8. The lowest BCUT2D eigenvalue weighted by Gasteiger charge is -2.21. The quantitative estimate of drug-likeness (QED) is 0.0573. The average Bonchev–Trinajstić information content (AvgIpc) is 3.90. The van der Waals surface area contributed by atoms with E-state index in [0.29, 0.717) is 27.6 Å². The molecular weight excluding hydrogens is 971 g/mol. The van der Waals surface area contributed by atoms with Gasteiger partial charge in [-0.25, -0.2) is 23.4 Å². The van der Waals surface area contributed by atoms with Crippen LogP contribution in [0.3, 0.4) is 0 Å². The average molecular weight is 1010 g/mol. The SMILES string of the molecule is CNC(=O)c1c(-c2ccc(F)cc2)oc2nc(Cl)c(-c3ccc(OC)c(C(=O)O)c3)cc12.CNC(=O)c1c(-c2ccc(F)cc2)oc2nc(NCC(F)(F)C(F)(F)F)c(-c3ccc(C)c(C(=O)O)c3)cc12. The molecule has 4 heterocycles. The van der Waals surface area contributed by atoms with Crippen LogP contribution in [0.5, 0.6) is 5.75 Å². The van der Waals surface area contributed by atoms with Crippen LogP contribution in [0.2, 0.25) is 5.15 Å². The third kappa shape index (κ3) is 10.2. The van der Waals surface area contributed by atoms with Gasteiger partial charge in [0.05, 0.1) is 41.1 Å². The number of carboxylic acid groups (broad SMARTS) is 2. The van der Waals surface area contributed by atoms with Gasteiger partial charge < -0.3 is 39.7 Å². The minimum Gasteiger partial charge on any atom is -0.496 e. The third-order valence-electron chi connectivity index (χ3n) is 10.9. The molecule has 8 rings (SSSR count). The van der Waals surface area contributed by atoms with Gasteiger partial charge in [-0.1, -0.05) is 29.8 Å². The number of anilines is 1. The van der Waals surface area contributed by atoms with Crippen LogP contribution in [0, 0.1) is 18.6 Å². The van der Waals surface area contributed by atoms with Crippen molar-refractivity contribution in [3.8, 4) is 50.7 Å². The minimum atomic E-state index is -5.85. The molecule has 0 atom stereocenters. The van der Waals surface area contributed by atoms with Gasteiger partial charge >= 0.3 is 24.0 Å². The number of ether oxygens (including phenoxy) is 1. The Bertz CT molecular complexity index is 3400. The highest BCUT2D eigenvalue weighted by atomic mass is 35.5. The molecule has 2 amide bonds. The first-order chi connectivity index (χ1) is 33.6. The van der Waals surface area contributed by atoms with E-state index in [1.807, 2.05) is 5.32 Å². The standard InChI is InChI=1S/C26H19F6N3O4.C23H16ClFN2O5/c1-12-3-4-14(9-16(12)24(37)38)17-10-18-19(22(36)33-2)20(13-5-7-15(27)8-6-13)39-23(18)35-21(17)34-11-25(28,29)26(30,31)32;1-26-21(28)18-16-10-14(12-5-8-17(31-2)15(9-12)23(29)30)20(24)27-22(16)32-19(18)11-3-6-13(25)7-4-11/h3-10H,11H2,1-2H3,(H,33,36)(H,34,35)(H,37,38);3-10H,1-2H3,(H,26,28)(H,29,30). The fraction of sp³-hybridized carbons (Fsp3) is 0.143. The number of carbonyl (C=O) groups is 4. The maximum atomic E-state index is 13.8. The summed E-state index contributed by atoms with van der Waals surface area (Å²) < 4.78 is 110. The summed E-state index contributed by atoms with van der Waals surface area (Å²) in [5, 5.41) is 26.5. The van der Waals surface area contributed by atoms with Crippen molar-refractivity contribution in [3.05, 3.63) is 142 Å². The van der Waals surface area contributed by atoms with Crippen molar-refractivity contribution in [1.29, 1.82) is 0 Å². The number of alkyl halides is 5. The van der Waals surface area contributed by atoms with Crippen LogP contribution in [-0.4, -0.2) is 83.8 Å². The molecule has 0 aliphatic rings. The number of furan rings is 2. The Morgan fingerprint density at radius 3 is 1.58 bits per heavy atom. The van der Waals surface area contributed by atoms with Crippen LogP contribution >= 0.6 is 11.6 Å². The van der Waals surface area contributed by atoms with Gasteiger partial charge in [0.25, 0.3) is 11.8 Å². The summed E-state index contributed by atoms with van der Waals surface area (Å²) in [5.41, 5.74) is 1.78. The van der Waals surface area contributed by atoms with Crippen molar-refractivity contribution in [2.75, 3.05) is 33.1 Å². The summed E-state index contributed by atoms with van der Waals surface area (Å²) in [4.78, 5) is 57.2. The largest absolute Gasteiger partial charge is 0.496 e. The van der Waals surface area contributed by atoms with Gasteiger partial charge in [0.1, 0.15) is 45.4 Å². The predicted octanol–water partition coefficient (Wildman–Crippen LogP) is 11.3. The molecule has 366 valence electrons. The van der Waals surface area contributed by atoms with E-state index in [4.69, 9.17) is 25.2 Å². The molecule has 4 aromatic heterocycles. The minimum absolute atomic E-state index is 0.0492. The number of nitrogens with zero attached hydrogens (tertiary/aromatic N) is 2. The Kier molecular flexibility index (Phi) is 14.1. The summed E-state index contributed by atoms with van der Waals surface area (Å²) in [6.45, 7) is -0.361. The Hall–Kier alpha value is -8.46. The van der Waals surface area contributed by atoms with Crippen LogP contribution in [0.1, 0.15) is 47.0 Å². The van der Waals surface area contributed by atoms with Gasteiger partial charge in [-0.05, 0) is 102 Å². The number of aromatic nitrogens is 2. The number of benzene rings is 4. The van der Waals surface area contributed by atoms with Gasteiger partial charge in [0, 0.05) is 36.3 Å². The van der Waals surface area contributed by atoms with Crippen molar-refractivity contribution >= 4 is 63.4 Å². The summed E-state index contributed by atoms with van der Waals surface area (Å²) >= 11 is 6.39. The number of aryl methyl sites for hydroxylation is 1. The summed E-state index contributed by atoms with van der Waals surface area (Å²) in [6, 6.07) is 21.9. The molecular formula is C49H35ClF7N5O9. The van der Waals surface area contributed by atoms with E-state index in [1.165, 1.54) is 101 Å². The molecule has 14 nitrogen and oxygen atoms in total. The van der Waals surface area contributed by atoms with Crippen LogP contribution in [0.25, 0.3) is 67.1 Å². The monoisotopic (exact) mass is 1010 g/mol. The number of methoxy groups -OCH3 is 1. The first-order valence-electron chi connectivity index (χ1n) is 20.6. The van der Waals surface area contributed by atoms with E-state index >= 15 is 0 Å². The van der Waals surface area contributed by atoms with Gasteiger partial charge in [-0.15, -0.1) is 0 Å². The topological polar surface area (TPSA) is 206 Å². The number of aromatic carboxylic acids is 2. The highest BCUT2D eigenvalue weighted by Crippen LogP contribution is 2.42. The van der Waals surface area contributed by atoms with Crippen LogP contribution in [0.15, 0.2) is 106 Å². The second kappa shape index (κ2) is 19.9. The van der Waals surface area contributed by atoms with E-state index in [1.54, 1.807) is 12.1 Å². The van der Waals surface area contributed by atoms with Crippen LogP contribution in [0.4, 0.5) is 36.6 Å². The molecule has 0 aliphatic carbocycles. The molecule has 5 N–H and O–H groups in total. The lowest BCUT2D eigenvalue weighted by molar-refractivity contribution is -0.275. The fourth-order valence-electron chi connectivity index (χ4n) is 7.25. The smallest absolute Gasteiger partial charge is 0.455 e. The van der Waals surface area contributed by atoms with Crippen LogP contribution < -0.4 is 20.7 Å². The lowest BCUT2D eigenvalue weighted by atomic mass is 9.98. The number of rotatable bonds is 12. The Balaban J connectivity index is 0.000000213. The number of fused-ring (bicyclic) bond motifs is 2. The van der Waals surface area contributed by atoms with E-state index in [-0.39, 0.29) is 78.2 Å². The summed E-state index contributed by atoms with van der Waals surface area (Å²) in [5.74, 6) is -9.80. The number of hydrogen-bond donors (Lipinski definition) is 5. The highest BCUT2D eigenvalue weighted by Gasteiger charge is 2.57. The van der Waals surface area contributed by atoms with Crippen LogP contribution in [-0.2, 0) is 0 Å². The van der Waals surface area contributed by atoms with Gasteiger partial charge in [0.2, 0.25) is 11.4 Å². The second-order valence-electron chi connectivity index (χ2n) is 15.3. The van der Waals surface area contributed by atoms with E-state index in [0.717, 1.165) is 12.1 Å². The zero-order chi connectivity index (χ0) is 51.7. The van der Waals surface area contributed by atoms with Crippen molar-refractivity contribution in [1.82, 2.24) is 20.6 Å². The highest BCUT2D eigenvalue weighted by molar-refractivity contribution is 6.33. The molecule has 22 heteroatoms. The van der Waals surface area contributed by atoms with Gasteiger partial charge in [-0.2, -0.15) is 26.9 Å². The number of carboxylic acids is 2. The number of hydrogen-bond acceptors (Lipinski definition) is 10. The molecule has 0 saturated heterocycles. The first-order valence-corrected chi connectivity index (χ1v) is 21.0. The number of carbonyl (C=O) groups excluding carboxylic acids is 2. The predicted molar refractivity (Wildman–Crippen MR) is 246 cm³/mol. The lowest BCUT2D eigenvalue weighted by Crippen LogP contribution is -2.42. The maximum Gasteiger partial charge on any atom is 0.455 e. The van der Waals surface area contributed by atoms with Crippen molar-refractivity contribution < 1.29 is 73.7 Å². The number of pyridine rings is 2. The third-order valence-corrected chi connectivity index (χ3v) is 11.1. The zero-order valence-corrected chi connectivity index (χ0v) is 37.9. The maximum absolute atomic E-state index is 13.8. The molecule has 4 aromatic carbocycles. The molecule has 0 aliphatic heterocycles. The first kappa shape index (κ1) is 50.4. The van der Waals surface area contributed by atoms with Gasteiger partial charge in [0.15, 0.2) is 0 Å². The Labute approximate surface area is 401 Å². The van der Waals surface area contributed by atoms with Crippen molar-refractivity contribution in [2.45, 2.75) is 19.0 Å². The normalized spacial score (nSPS) is 11.5. The molecule has 0 fully saturated rings. The van der Waals surface area contributed by atoms with E-state index < -0.39 is 59.8 Å². The summed E-state index contributed by atoms with van der Waals surface area (Å²) in [7, 11) is 4.18. The Morgan fingerprint density at radius 2 is 1.10 bits per heavy atom. The molecule has 0 unspecified atom stereocenters. The molecule has 8 aromatic rings. The summed E-state index contributed by atoms with van der Waals surface area (Å²) in [6.07, 6.45) is -5.85.